The lowest BCUT2D eigenvalue weighted by atomic mass is 10.2. The molecule has 0 aliphatic rings. The van der Waals surface area contributed by atoms with Gasteiger partial charge in [-0.25, -0.2) is 17.8 Å². The Morgan fingerprint density at radius 3 is 2.42 bits per heavy atom. The number of fused-ring (bicyclic) bond motifs is 1. The van der Waals surface area contributed by atoms with Gasteiger partial charge in [0, 0.05) is 18.2 Å². The average Bonchev–Trinajstić information content (AvgIpc) is 3.19. The summed E-state index contributed by atoms with van der Waals surface area (Å²) in [7, 11) is -3.77. The van der Waals surface area contributed by atoms with Gasteiger partial charge in [-0.05, 0) is 61.9 Å². The highest BCUT2D eigenvalue weighted by molar-refractivity contribution is 7.89. The van der Waals surface area contributed by atoms with Crippen molar-refractivity contribution in [3.63, 3.8) is 0 Å². The molecule has 0 bridgehead atoms. The number of halogens is 1. The van der Waals surface area contributed by atoms with Gasteiger partial charge in [-0.15, -0.1) is 0 Å². The molecule has 1 N–H and O–H groups in total. The zero-order chi connectivity index (χ0) is 23.6. The van der Waals surface area contributed by atoms with Gasteiger partial charge in [-0.1, -0.05) is 41.7 Å². The van der Waals surface area contributed by atoms with Gasteiger partial charge in [0.05, 0.1) is 15.1 Å². The predicted octanol–water partition coefficient (Wildman–Crippen LogP) is 5.29. The second-order valence-electron chi connectivity index (χ2n) is 7.74. The van der Waals surface area contributed by atoms with Crippen LogP contribution >= 0.6 is 11.3 Å². The van der Waals surface area contributed by atoms with Crippen LogP contribution in [-0.2, 0) is 16.6 Å². The SMILES string of the molecule is CC(C)N(Cc1ccccc1)S(=O)(=O)c1ccc(C(=O)Nc2nc3ccc(F)cc3s2)cc1. The third-order valence-electron chi connectivity index (χ3n) is 5.05. The van der Waals surface area contributed by atoms with E-state index in [1.54, 1.807) is 6.07 Å². The quantitative estimate of drug-likeness (QED) is 0.388. The molecule has 1 aromatic heterocycles. The molecule has 3 aromatic carbocycles. The fraction of sp³-hybridized carbons (Fsp3) is 0.167. The Morgan fingerprint density at radius 1 is 1.06 bits per heavy atom. The van der Waals surface area contributed by atoms with E-state index in [-0.39, 0.29) is 23.3 Å². The Balaban J connectivity index is 1.52. The predicted molar refractivity (Wildman–Crippen MR) is 128 cm³/mol. The van der Waals surface area contributed by atoms with Crippen molar-refractivity contribution < 1.29 is 17.6 Å². The number of aromatic nitrogens is 1. The van der Waals surface area contributed by atoms with Crippen molar-refractivity contribution in [2.75, 3.05) is 5.32 Å². The maximum absolute atomic E-state index is 13.4. The Labute approximate surface area is 195 Å². The van der Waals surface area contributed by atoms with Crippen LogP contribution in [0.1, 0.15) is 29.8 Å². The lowest BCUT2D eigenvalue weighted by Crippen LogP contribution is -2.36. The number of nitrogens with one attached hydrogen (secondary N) is 1. The van der Waals surface area contributed by atoms with Crippen molar-refractivity contribution in [2.45, 2.75) is 31.3 Å². The summed E-state index contributed by atoms with van der Waals surface area (Å²) < 4.78 is 42.0. The summed E-state index contributed by atoms with van der Waals surface area (Å²) in [6, 6.07) is 19.2. The number of rotatable bonds is 7. The van der Waals surface area contributed by atoms with Crippen LogP contribution in [-0.4, -0.2) is 29.7 Å². The summed E-state index contributed by atoms with van der Waals surface area (Å²) in [6.07, 6.45) is 0. The molecule has 0 radical (unpaired) electrons. The molecule has 4 rings (SSSR count). The van der Waals surface area contributed by atoms with Gasteiger partial charge in [-0.3, -0.25) is 10.1 Å². The number of anilines is 1. The number of amides is 1. The van der Waals surface area contributed by atoms with E-state index in [1.165, 1.54) is 40.7 Å². The van der Waals surface area contributed by atoms with Gasteiger partial charge in [0.15, 0.2) is 5.13 Å². The van der Waals surface area contributed by atoms with Crippen molar-refractivity contribution in [2.24, 2.45) is 0 Å². The first-order chi connectivity index (χ1) is 15.7. The molecule has 33 heavy (non-hydrogen) atoms. The number of hydrogen-bond donors (Lipinski definition) is 1. The molecule has 6 nitrogen and oxygen atoms in total. The molecule has 0 aliphatic heterocycles. The van der Waals surface area contributed by atoms with Crippen LogP contribution in [0.25, 0.3) is 10.2 Å². The maximum atomic E-state index is 13.4. The molecule has 0 atom stereocenters. The van der Waals surface area contributed by atoms with E-state index in [0.717, 1.165) is 16.9 Å². The first-order valence-corrected chi connectivity index (χ1v) is 12.5. The summed E-state index contributed by atoms with van der Waals surface area (Å²) in [6.45, 7) is 3.90. The summed E-state index contributed by atoms with van der Waals surface area (Å²) >= 11 is 1.16. The third-order valence-corrected chi connectivity index (χ3v) is 8.02. The number of benzene rings is 3. The lowest BCUT2D eigenvalue weighted by Gasteiger charge is -2.26. The molecule has 0 unspecified atom stereocenters. The first kappa shape index (κ1) is 23.0. The first-order valence-electron chi connectivity index (χ1n) is 10.3. The zero-order valence-electron chi connectivity index (χ0n) is 18.0. The van der Waals surface area contributed by atoms with Gasteiger partial charge >= 0.3 is 0 Å². The number of carbonyl (C=O) groups is 1. The van der Waals surface area contributed by atoms with Crippen LogP contribution in [0, 0.1) is 5.82 Å². The maximum Gasteiger partial charge on any atom is 0.257 e. The molecule has 1 heterocycles. The van der Waals surface area contributed by atoms with Crippen LogP contribution in [0.15, 0.2) is 77.7 Å². The summed E-state index contributed by atoms with van der Waals surface area (Å²) in [5, 5.41) is 3.02. The Hall–Kier alpha value is -3.14. The van der Waals surface area contributed by atoms with Gasteiger partial charge < -0.3 is 0 Å². The summed E-state index contributed by atoms with van der Waals surface area (Å²) in [4.78, 5) is 17.0. The molecule has 0 saturated carbocycles. The van der Waals surface area contributed by atoms with Crippen LogP contribution in [0.5, 0.6) is 0 Å². The highest BCUT2D eigenvalue weighted by Gasteiger charge is 2.27. The fourth-order valence-corrected chi connectivity index (χ4v) is 5.85. The molecular formula is C24H22FN3O3S2. The average molecular weight is 484 g/mol. The molecule has 0 spiro atoms. The number of nitrogens with zero attached hydrogens (tertiary/aromatic N) is 2. The molecule has 9 heteroatoms. The highest BCUT2D eigenvalue weighted by Crippen LogP contribution is 2.27. The van der Waals surface area contributed by atoms with Crippen molar-refractivity contribution in [3.05, 3.63) is 89.7 Å². The smallest absolute Gasteiger partial charge is 0.257 e. The number of thiazole rings is 1. The van der Waals surface area contributed by atoms with E-state index in [2.05, 4.69) is 10.3 Å². The summed E-state index contributed by atoms with van der Waals surface area (Å²) in [5.41, 5.74) is 1.77. The van der Waals surface area contributed by atoms with Gasteiger partial charge in [-0.2, -0.15) is 4.31 Å². The van der Waals surface area contributed by atoms with E-state index < -0.39 is 15.9 Å². The van der Waals surface area contributed by atoms with Gasteiger partial charge in [0.25, 0.3) is 5.91 Å². The number of hydrogen-bond acceptors (Lipinski definition) is 5. The Morgan fingerprint density at radius 2 is 1.76 bits per heavy atom. The highest BCUT2D eigenvalue weighted by atomic mass is 32.2. The van der Waals surface area contributed by atoms with E-state index in [1.807, 2.05) is 44.2 Å². The van der Waals surface area contributed by atoms with E-state index >= 15 is 0 Å². The largest absolute Gasteiger partial charge is 0.298 e. The minimum Gasteiger partial charge on any atom is -0.298 e. The van der Waals surface area contributed by atoms with Crippen molar-refractivity contribution in [1.29, 1.82) is 0 Å². The second kappa shape index (κ2) is 9.38. The zero-order valence-corrected chi connectivity index (χ0v) is 19.7. The van der Waals surface area contributed by atoms with Crippen LogP contribution in [0.4, 0.5) is 9.52 Å². The topological polar surface area (TPSA) is 79.4 Å². The van der Waals surface area contributed by atoms with Crippen molar-refractivity contribution >= 4 is 42.6 Å². The minimum atomic E-state index is -3.77. The third kappa shape index (κ3) is 5.11. The van der Waals surface area contributed by atoms with E-state index in [4.69, 9.17) is 0 Å². The normalized spacial score (nSPS) is 11.9. The second-order valence-corrected chi connectivity index (χ2v) is 10.7. The van der Waals surface area contributed by atoms with E-state index in [9.17, 15) is 17.6 Å². The molecule has 1 amide bonds. The standard InChI is InChI=1S/C24H22FN3O3S2/c1-16(2)28(15-17-6-4-3-5-7-17)33(30,31)20-11-8-18(9-12-20)23(29)27-24-26-21-13-10-19(25)14-22(21)32-24/h3-14,16H,15H2,1-2H3,(H,26,27,29). The molecule has 4 aromatic rings. The Bertz CT molecular complexity index is 1390. The van der Waals surface area contributed by atoms with Gasteiger partial charge in [0.2, 0.25) is 10.0 Å². The molecule has 0 fully saturated rings. The molecule has 0 aliphatic carbocycles. The van der Waals surface area contributed by atoms with Crippen LogP contribution in [0.3, 0.4) is 0 Å². The van der Waals surface area contributed by atoms with E-state index in [0.29, 0.717) is 20.9 Å². The lowest BCUT2D eigenvalue weighted by molar-refractivity contribution is 0.102. The molecular weight excluding hydrogens is 461 g/mol. The Kier molecular flexibility index (Phi) is 6.55. The number of sulfonamides is 1. The van der Waals surface area contributed by atoms with Crippen LogP contribution in [0.2, 0.25) is 0 Å². The molecule has 170 valence electrons. The summed E-state index contributed by atoms with van der Waals surface area (Å²) in [5.74, 6) is -0.799. The van der Waals surface area contributed by atoms with Crippen molar-refractivity contribution in [3.8, 4) is 0 Å². The van der Waals surface area contributed by atoms with Crippen molar-refractivity contribution in [1.82, 2.24) is 9.29 Å². The van der Waals surface area contributed by atoms with Crippen LogP contribution < -0.4 is 5.32 Å². The minimum absolute atomic E-state index is 0.110. The van der Waals surface area contributed by atoms with Gasteiger partial charge in [0.1, 0.15) is 5.82 Å². The number of carbonyl (C=O) groups excluding carboxylic acids is 1. The monoisotopic (exact) mass is 483 g/mol. The molecule has 0 saturated heterocycles. The fourth-order valence-electron chi connectivity index (χ4n) is 3.34.